The fourth-order valence-corrected chi connectivity index (χ4v) is 8.66. The minimum absolute atomic E-state index is 0.00418. The van der Waals surface area contributed by atoms with Crippen LogP contribution in [-0.2, 0) is 42.9 Å². The van der Waals surface area contributed by atoms with Crippen LogP contribution >= 0.6 is 0 Å². The second-order valence-corrected chi connectivity index (χ2v) is 16.9. The Balaban J connectivity index is 2.09. The maximum atomic E-state index is 14.2. The van der Waals surface area contributed by atoms with Gasteiger partial charge in [-0.05, 0) is 102 Å². The van der Waals surface area contributed by atoms with Crippen molar-refractivity contribution in [2.45, 2.75) is 160 Å². The number of carboxylic acids is 1. The first-order chi connectivity index (χ1) is 27.8. The lowest BCUT2D eigenvalue weighted by molar-refractivity contribution is -0.208. The Morgan fingerprint density at radius 2 is 1.58 bits per heavy atom. The molecule has 0 radical (unpaired) electrons. The zero-order chi connectivity index (χ0) is 44.0. The van der Waals surface area contributed by atoms with Gasteiger partial charge < -0.3 is 49.4 Å². The van der Waals surface area contributed by atoms with Crippen LogP contribution in [-0.4, -0.2) is 136 Å². The topological polar surface area (TPSA) is 227 Å². The molecule has 2 aliphatic heterocycles. The molecule has 1 saturated carbocycles. The van der Waals surface area contributed by atoms with Crippen LogP contribution in [0.3, 0.4) is 0 Å². The SMILES string of the molecule is CO[C@@H]1CCC[C@@H](OC)C[C@@H](C)C(O)(O)C(=O)C(=O)N2CCCC[C@H]2C(=O)O[C@H](/C(C)=C/[C@@H]2CC[C@@H](O)[C@H](OC)C2)[C@H](C)[C@@H](O)CC(=O)[C@H](C/C=C/C(=O)O)/C=C(\C)C1. The van der Waals surface area contributed by atoms with Crippen molar-refractivity contribution in [3.8, 4) is 0 Å². The second kappa shape index (κ2) is 23.6. The van der Waals surface area contributed by atoms with E-state index in [1.807, 2.05) is 13.0 Å². The van der Waals surface area contributed by atoms with E-state index >= 15 is 0 Å². The number of carboxylic acid groups (broad SMARTS) is 1. The Hall–Kier alpha value is -3.31. The van der Waals surface area contributed by atoms with Gasteiger partial charge in [-0.25, -0.2) is 9.59 Å². The third-order valence-electron chi connectivity index (χ3n) is 12.5. The number of nitrogens with zero attached hydrogens (tertiary/aromatic N) is 1. The summed E-state index contributed by atoms with van der Waals surface area (Å²) in [6.07, 6.45) is 6.42. The van der Waals surface area contributed by atoms with Crippen molar-refractivity contribution in [2.24, 2.45) is 23.7 Å². The highest BCUT2D eigenvalue weighted by atomic mass is 16.5. The molecule has 15 nitrogen and oxygen atoms in total. The number of piperidine rings is 1. The molecule has 5 N–H and O–H groups in total. The largest absolute Gasteiger partial charge is 0.478 e. The highest BCUT2D eigenvalue weighted by molar-refractivity contribution is 6.39. The molecule has 3 aliphatic rings. The molecule has 2 heterocycles. The molecule has 334 valence electrons. The lowest BCUT2D eigenvalue weighted by Gasteiger charge is -2.38. The lowest BCUT2D eigenvalue weighted by atomic mass is 9.81. The van der Waals surface area contributed by atoms with E-state index in [0.29, 0.717) is 63.4 Å². The highest BCUT2D eigenvalue weighted by Gasteiger charge is 2.48. The second-order valence-electron chi connectivity index (χ2n) is 16.9. The fraction of sp³-hybridized carbons (Fsp3) is 0.750. The molecule has 0 spiro atoms. The predicted molar refractivity (Wildman–Crippen MR) is 217 cm³/mol. The van der Waals surface area contributed by atoms with Gasteiger partial charge >= 0.3 is 11.9 Å². The van der Waals surface area contributed by atoms with E-state index in [1.165, 1.54) is 27.2 Å². The molecule has 1 saturated heterocycles. The van der Waals surface area contributed by atoms with E-state index in [4.69, 9.17) is 18.9 Å². The van der Waals surface area contributed by atoms with Crippen molar-refractivity contribution in [3.63, 3.8) is 0 Å². The van der Waals surface area contributed by atoms with Crippen LogP contribution in [0.4, 0.5) is 0 Å². The van der Waals surface area contributed by atoms with Crippen molar-refractivity contribution in [2.75, 3.05) is 27.9 Å². The average Bonchev–Trinajstić information content (AvgIpc) is 3.20. The molecular weight excluding hydrogens is 766 g/mol. The van der Waals surface area contributed by atoms with Gasteiger partial charge in [0.05, 0.1) is 30.5 Å². The molecule has 0 bridgehead atoms. The van der Waals surface area contributed by atoms with Crippen LogP contribution < -0.4 is 0 Å². The number of hydrogen-bond acceptors (Lipinski definition) is 13. The molecule has 0 aromatic carbocycles. The first-order valence-electron chi connectivity index (χ1n) is 21.1. The number of aliphatic hydroxyl groups excluding tert-OH is 2. The number of cyclic esters (lactones) is 1. The number of amides is 1. The Bertz CT molecular complexity index is 1520. The first-order valence-corrected chi connectivity index (χ1v) is 21.1. The Morgan fingerprint density at radius 3 is 2.22 bits per heavy atom. The number of ether oxygens (including phenoxy) is 4. The number of esters is 1. The van der Waals surface area contributed by atoms with Gasteiger partial charge in [0, 0.05) is 58.1 Å². The fourth-order valence-electron chi connectivity index (χ4n) is 8.66. The van der Waals surface area contributed by atoms with Crippen molar-refractivity contribution in [1.29, 1.82) is 0 Å². The van der Waals surface area contributed by atoms with Gasteiger partial charge in [0.2, 0.25) is 5.79 Å². The smallest absolute Gasteiger partial charge is 0.329 e. The van der Waals surface area contributed by atoms with Gasteiger partial charge in [0.25, 0.3) is 11.7 Å². The standard InChI is InChI=1S/C44H69NO14/c1-26-20-31(12-10-16-39(49)50)37(48)25-36(47)29(4)40(27(2)22-30-17-18-35(46)38(24-30)58-7)59-43(53)34-15-8-9-19-45(34)42(52)41(51)44(54,55)28(3)23-33(57-6)14-11-13-32(21-26)56-5/h10,16,20,22,28-36,38,40,46-47,54-55H,8-9,11-15,17-19,21,23-25H2,1-7H3,(H,49,50)/b16-10+,26-20+,27-22+/t28-,29-,30+,31-,32-,33-,34+,35-,36+,38-,40-/m1/s1. The number of rotatable bonds is 8. The monoisotopic (exact) mass is 835 g/mol. The summed E-state index contributed by atoms with van der Waals surface area (Å²) in [5, 5.41) is 53.7. The van der Waals surface area contributed by atoms with Crippen LogP contribution in [0.5, 0.6) is 0 Å². The van der Waals surface area contributed by atoms with Crippen LogP contribution in [0.1, 0.15) is 111 Å². The Kier molecular flexibility index (Phi) is 20.0. The summed E-state index contributed by atoms with van der Waals surface area (Å²) in [6.45, 7) is 6.69. The molecular formula is C44H69NO14. The zero-order valence-electron chi connectivity index (χ0n) is 35.9. The average molecular weight is 836 g/mol. The molecule has 11 atom stereocenters. The zero-order valence-corrected chi connectivity index (χ0v) is 35.9. The van der Waals surface area contributed by atoms with Gasteiger partial charge in [0.1, 0.15) is 17.9 Å². The summed E-state index contributed by atoms with van der Waals surface area (Å²) < 4.78 is 23.1. The van der Waals surface area contributed by atoms with E-state index < -0.39 is 83.7 Å². The third-order valence-corrected chi connectivity index (χ3v) is 12.5. The molecule has 0 aromatic heterocycles. The van der Waals surface area contributed by atoms with Crippen LogP contribution in [0, 0.1) is 23.7 Å². The molecule has 0 aromatic rings. The van der Waals surface area contributed by atoms with Crippen LogP contribution in [0.2, 0.25) is 0 Å². The lowest BCUT2D eigenvalue weighted by Crippen LogP contribution is -2.58. The summed E-state index contributed by atoms with van der Waals surface area (Å²) >= 11 is 0. The Morgan fingerprint density at radius 1 is 0.898 bits per heavy atom. The first kappa shape index (κ1) is 50.0. The summed E-state index contributed by atoms with van der Waals surface area (Å²) in [5.41, 5.74) is 1.39. The minimum atomic E-state index is -3.05. The van der Waals surface area contributed by atoms with Gasteiger partial charge in [-0.3, -0.25) is 14.4 Å². The van der Waals surface area contributed by atoms with E-state index in [-0.39, 0.29) is 50.0 Å². The molecule has 59 heavy (non-hydrogen) atoms. The van der Waals surface area contributed by atoms with Gasteiger partial charge in [-0.15, -0.1) is 0 Å². The van der Waals surface area contributed by atoms with Crippen molar-refractivity contribution in [3.05, 3.63) is 35.5 Å². The van der Waals surface area contributed by atoms with Gasteiger partial charge in [0.15, 0.2) is 0 Å². The van der Waals surface area contributed by atoms with E-state index in [2.05, 4.69) is 0 Å². The van der Waals surface area contributed by atoms with Crippen molar-refractivity contribution < 1.29 is 68.5 Å². The summed E-state index contributed by atoms with van der Waals surface area (Å²) in [5.74, 6) is -10.9. The molecule has 2 fully saturated rings. The summed E-state index contributed by atoms with van der Waals surface area (Å²) in [6, 6.07) is -1.24. The van der Waals surface area contributed by atoms with Crippen molar-refractivity contribution in [1.82, 2.24) is 4.90 Å². The van der Waals surface area contributed by atoms with Crippen LogP contribution in [0.15, 0.2) is 35.5 Å². The van der Waals surface area contributed by atoms with Crippen molar-refractivity contribution >= 4 is 29.4 Å². The Labute approximate surface area is 348 Å². The van der Waals surface area contributed by atoms with Gasteiger partial charge in [-0.2, -0.15) is 0 Å². The molecule has 1 aliphatic carbocycles. The maximum absolute atomic E-state index is 14.2. The number of ketones is 2. The molecule has 1 amide bonds. The van der Waals surface area contributed by atoms with E-state index in [1.54, 1.807) is 27.0 Å². The number of hydrogen-bond donors (Lipinski definition) is 5. The van der Waals surface area contributed by atoms with E-state index in [0.717, 1.165) is 16.5 Å². The molecule has 15 heteroatoms. The number of aliphatic carboxylic acids is 1. The number of carbonyl (C=O) groups is 5. The molecule has 0 unspecified atom stereocenters. The maximum Gasteiger partial charge on any atom is 0.329 e. The number of methoxy groups -OCH3 is 3. The summed E-state index contributed by atoms with van der Waals surface area (Å²) in [7, 11) is 4.58. The molecule has 3 rings (SSSR count). The predicted octanol–water partition coefficient (Wildman–Crippen LogP) is 3.83. The minimum Gasteiger partial charge on any atom is -0.478 e. The van der Waals surface area contributed by atoms with Gasteiger partial charge in [-0.1, -0.05) is 37.6 Å². The highest BCUT2D eigenvalue weighted by Crippen LogP contribution is 2.33. The number of Topliss-reactive ketones (excluding diaryl/α,β-unsaturated/α-hetero) is 2. The number of fused-ring (bicyclic) bond motifs is 1. The number of allylic oxidation sites excluding steroid dienone is 3. The third kappa shape index (κ3) is 14.4. The van der Waals surface area contributed by atoms with Crippen LogP contribution in [0.25, 0.3) is 0 Å². The number of carbonyl (C=O) groups excluding carboxylic acids is 4. The quantitative estimate of drug-likeness (QED) is 0.0771. The summed E-state index contributed by atoms with van der Waals surface area (Å²) in [4.78, 5) is 67.9. The normalized spacial score (nSPS) is 35.4. The van der Waals surface area contributed by atoms with E-state index in [9.17, 15) is 49.5 Å². The number of aliphatic hydroxyl groups is 4.